The van der Waals surface area contributed by atoms with E-state index in [2.05, 4.69) is 17.1 Å². The standard InChI is InChI=1S/C14H15N3O2/c1-9-3-5-12-11(7-9)15-14-16(2)10(8-17(12)14)4-6-13(18)19/h3,5,7-8H,4,6H2,1-2H3,(H,18,19). The van der Waals surface area contributed by atoms with Gasteiger partial charge in [0.15, 0.2) is 0 Å². The second-order valence-corrected chi connectivity index (χ2v) is 4.85. The van der Waals surface area contributed by atoms with Crippen LogP contribution in [-0.4, -0.2) is 25.0 Å². The molecule has 0 aliphatic carbocycles. The van der Waals surface area contributed by atoms with E-state index in [9.17, 15) is 4.79 Å². The van der Waals surface area contributed by atoms with E-state index in [1.165, 1.54) is 5.56 Å². The van der Waals surface area contributed by atoms with E-state index in [-0.39, 0.29) is 6.42 Å². The van der Waals surface area contributed by atoms with Crippen molar-refractivity contribution in [3.8, 4) is 0 Å². The lowest BCUT2D eigenvalue weighted by Gasteiger charge is -1.99. The van der Waals surface area contributed by atoms with Crippen LogP contribution in [0.4, 0.5) is 0 Å². The summed E-state index contributed by atoms with van der Waals surface area (Å²) in [6.07, 6.45) is 2.63. The molecule has 0 unspecified atom stereocenters. The smallest absolute Gasteiger partial charge is 0.303 e. The van der Waals surface area contributed by atoms with Crippen molar-refractivity contribution in [1.29, 1.82) is 0 Å². The highest BCUT2D eigenvalue weighted by atomic mass is 16.4. The molecule has 3 rings (SSSR count). The second-order valence-electron chi connectivity index (χ2n) is 4.85. The molecular formula is C14H15N3O2. The van der Waals surface area contributed by atoms with Crippen LogP contribution in [0.25, 0.3) is 16.8 Å². The quantitative estimate of drug-likeness (QED) is 0.782. The average Bonchev–Trinajstić information content (AvgIpc) is 2.84. The molecule has 0 amide bonds. The van der Waals surface area contributed by atoms with Crippen LogP contribution in [0.1, 0.15) is 17.7 Å². The number of nitrogens with zero attached hydrogens (tertiary/aromatic N) is 3. The predicted octanol–water partition coefficient (Wildman–Crippen LogP) is 2.15. The number of rotatable bonds is 3. The highest BCUT2D eigenvalue weighted by Crippen LogP contribution is 2.20. The highest BCUT2D eigenvalue weighted by Gasteiger charge is 2.12. The van der Waals surface area contributed by atoms with Crippen LogP contribution >= 0.6 is 0 Å². The first-order chi connectivity index (χ1) is 9.06. The third kappa shape index (κ3) is 1.87. The molecule has 2 aromatic heterocycles. The number of fused-ring (bicyclic) bond motifs is 3. The van der Waals surface area contributed by atoms with Crippen molar-refractivity contribution in [3.05, 3.63) is 35.7 Å². The molecule has 0 aliphatic rings. The van der Waals surface area contributed by atoms with Gasteiger partial charge in [-0.3, -0.25) is 9.20 Å². The molecule has 5 heteroatoms. The summed E-state index contributed by atoms with van der Waals surface area (Å²) in [5.41, 5.74) is 4.18. The van der Waals surface area contributed by atoms with Gasteiger partial charge in [-0.15, -0.1) is 0 Å². The summed E-state index contributed by atoms with van der Waals surface area (Å²) in [5.74, 6) is 0.0697. The molecule has 0 aliphatic heterocycles. The minimum atomic E-state index is -0.778. The van der Waals surface area contributed by atoms with E-state index < -0.39 is 5.97 Å². The molecule has 3 aromatic rings. The number of carboxylic acids is 1. The van der Waals surface area contributed by atoms with E-state index in [4.69, 9.17) is 5.11 Å². The minimum Gasteiger partial charge on any atom is -0.481 e. The van der Waals surface area contributed by atoms with Gasteiger partial charge >= 0.3 is 5.97 Å². The maximum atomic E-state index is 10.7. The Kier molecular flexibility index (Phi) is 2.55. The van der Waals surface area contributed by atoms with Gasteiger partial charge in [-0.05, 0) is 31.0 Å². The van der Waals surface area contributed by atoms with Gasteiger partial charge in [-0.25, -0.2) is 4.98 Å². The van der Waals surface area contributed by atoms with Gasteiger partial charge in [0.1, 0.15) is 0 Å². The number of aromatic nitrogens is 3. The number of aryl methyl sites for hydroxylation is 3. The van der Waals surface area contributed by atoms with E-state index >= 15 is 0 Å². The number of hydrogen-bond donors (Lipinski definition) is 1. The van der Waals surface area contributed by atoms with Gasteiger partial charge in [0, 0.05) is 18.9 Å². The summed E-state index contributed by atoms with van der Waals surface area (Å²) < 4.78 is 3.98. The first-order valence-corrected chi connectivity index (χ1v) is 6.21. The summed E-state index contributed by atoms with van der Waals surface area (Å²) >= 11 is 0. The van der Waals surface area contributed by atoms with Gasteiger partial charge < -0.3 is 9.67 Å². The summed E-state index contributed by atoms with van der Waals surface area (Å²) in [6, 6.07) is 6.16. The zero-order valence-corrected chi connectivity index (χ0v) is 10.9. The van der Waals surface area contributed by atoms with Gasteiger partial charge in [0.05, 0.1) is 17.5 Å². The van der Waals surface area contributed by atoms with Crippen molar-refractivity contribution in [2.45, 2.75) is 19.8 Å². The Bertz CT molecular complexity index is 783. The Hall–Kier alpha value is -2.30. The molecule has 0 radical (unpaired) electrons. The summed E-state index contributed by atoms with van der Waals surface area (Å²) in [4.78, 5) is 15.3. The normalized spacial score (nSPS) is 11.5. The number of imidazole rings is 2. The maximum absolute atomic E-state index is 10.7. The Balaban J connectivity index is 2.14. The SMILES string of the molecule is Cc1ccc2c(c1)nc1n(C)c(CCC(=O)O)cn21. The molecule has 5 nitrogen and oxygen atoms in total. The van der Waals surface area contributed by atoms with Crippen molar-refractivity contribution in [3.63, 3.8) is 0 Å². The molecular weight excluding hydrogens is 242 g/mol. The molecule has 0 spiro atoms. The number of hydrogen-bond acceptors (Lipinski definition) is 2. The van der Waals surface area contributed by atoms with Crippen LogP contribution in [0.3, 0.4) is 0 Å². The lowest BCUT2D eigenvalue weighted by atomic mass is 10.2. The number of carbonyl (C=O) groups is 1. The van der Waals surface area contributed by atoms with E-state index in [1.807, 2.05) is 35.2 Å². The predicted molar refractivity (Wildman–Crippen MR) is 72.4 cm³/mol. The van der Waals surface area contributed by atoms with Crippen LogP contribution in [0.2, 0.25) is 0 Å². The lowest BCUT2D eigenvalue weighted by Crippen LogP contribution is -2.02. The fourth-order valence-electron chi connectivity index (χ4n) is 2.39. The van der Waals surface area contributed by atoms with Crippen LogP contribution in [0, 0.1) is 6.92 Å². The van der Waals surface area contributed by atoms with Gasteiger partial charge in [-0.2, -0.15) is 0 Å². The third-order valence-electron chi connectivity index (χ3n) is 3.43. The van der Waals surface area contributed by atoms with Gasteiger partial charge in [0.2, 0.25) is 5.78 Å². The van der Waals surface area contributed by atoms with Gasteiger partial charge in [0.25, 0.3) is 0 Å². The van der Waals surface area contributed by atoms with Gasteiger partial charge in [-0.1, -0.05) is 6.07 Å². The average molecular weight is 257 g/mol. The van der Waals surface area contributed by atoms with Crippen LogP contribution in [0.15, 0.2) is 24.4 Å². The summed E-state index contributed by atoms with van der Waals surface area (Å²) in [7, 11) is 1.92. The number of aliphatic carboxylic acids is 1. The minimum absolute atomic E-state index is 0.137. The number of carboxylic acid groups (broad SMARTS) is 1. The molecule has 0 atom stereocenters. The molecule has 98 valence electrons. The largest absolute Gasteiger partial charge is 0.481 e. The zero-order chi connectivity index (χ0) is 13.6. The number of benzene rings is 1. The molecule has 1 aromatic carbocycles. The Morgan fingerprint density at radius 2 is 2.21 bits per heavy atom. The molecule has 0 saturated carbocycles. The van der Waals surface area contributed by atoms with Crippen LogP contribution < -0.4 is 0 Å². The van der Waals surface area contributed by atoms with Crippen molar-refractivity contribution in [1.82, 2.24) is 14.0 Å². The molecule has 2 heterocycles. The summed E-state index contributed by atoms with van der Waals surface area (Å²) in [6.45, 7) is 2.04. The van der Waals surface area contributed by atoms with Crippen LogP contribution in [-0.2, 0) is 18.3 Å². The Morgan fingerprint density at radius 3 is 2.95 bits per heavy atom. The van der Waals surface area contributed by atoms with E-state index in [0.29, 0.717) is 6.42 Å². The van der Waals surface area contributed by atoms with E-state index in [1.54, 1.807) is 0 Å². The van der Waals surface area contributed by atoms with Crippen molar-refractivity contribution in [2.75, 3.05) is 0 Å². The van der Waals surface area contributed by atoms with E-state index in [0.717, 1.165) is 22.5 Å². The monoisotopic (exact) mass is 257 g/mol. The first-order valence-electron chi connectivity index (χ1n) is 6.21. The Morgan fingerprint density at radius 1 is 1.42 bits per heavy atom. The van der Waals surface area contributed by atoms with Crippen molar-refractivity contribution >= 4 is 22.8 Å². The maximum Gasteiger partial charge on any atom is 0.303 e. The van der Waals surface area contributed by atoms with Crippen LogP contribution in [0.5, 0.6) is 0 Å². The molecule has 1 N–H and O–H groups in total. The first kappa shape index (κ1) is 11.8. The fraction of sp³-hybridized carbons (Fsp3) is 0.286. The molecule has 0 fully saturated rings. The molecule has 0 bridgehead atoms. The molecule has 19 heavy (non-hydrogen) atoms. The lowest BCUT2D eigenvalue weighted by molar-refractivity contribution is -0.136. The third-order valence-corrected chi connectivity index (χ3v) is 3.43. The van der Waals surface area contributed by atoms with Crippen molar-refractivity contribution in [2.24, 2.45) is 7.05 Å². The topological polar surface area (TPSA) is 59.5 Å². The fourth-order valence-corrected chi connectivity index (χ4v) is 2.39. The van der Waals surface area contributed by atoms with Crippen molar-refractivity contribution < 1.29 is 9.90 Å². The molecule has 0 saturated heterocycles. The Labute approximate surface area is 110 Å². The zero-order valence-electron chi connectivity index (χ0n) is 10.9. The second kappa shape index (κ2) is 4.12. The summed E-state index contributed by atoms with van der Waals surface area (Å²) in [5, 5.41) is 8.76. The highest BCUT2D eigenvalue weighted by molar-refractivity contribution is 5.80.